The van der Waals surface area contributed by atoms with Crippen LogP contribution in [0.25, 0.3) is 0 Å². The Morgan fingerprint density at radius 2 is 2.40 bits per heavy atom. The quantitative estimate of drug-likeness (QED) is 0.534. The molecule has 10 heavy (non-hydrogen) atoms. The number of β-amino-alcohol motifs (C(OH)–C–C–N with tert-alkyl or cyclic N) is 1. The molecular formula is C8H15NO. The summed E-state index contributed by atoms with van der Waals surface area (Å²) < 4.78 is 0. The number of aliphatic hydroxyl groups excluding tert-OH is 1. The second-order valence-electron chi connectivity index (χ2n) is 3.90. The maximum atomic E-state index is 9.36. The van der Waals surface area contributed by atoms with Gasteiger partial charge in [0.15, 0.2) is 0 Å². The summed E-state index contributed by atoms with van der Waals surface area (Å²) >= 11 is 0. The Morgan fingerprint density at radius 3 is 3.10 bits per heavy atom. The summed E-state index contributed by atoms with van der Waals surface area (Å²) in [4.78, 5) is 2.43. The maximum Gasteiger partial charge on any atom is 0.0684 e. The SMILES string of the molecule is CC12CCCN1CC(O)C2. The van der Waals surface area contributed by atoms with Gasteiger partial charge >= 0.3 is 0 Å². The van der Waals surface area contributed by atoms with Crippen molar-refractivity contribution in [3.8, 4) is 0 Å². The third-order valence-corrected chi connectivity index (χ3v) is 3.01. The van der Waals surface area contributed by atoms with Gasteiger partial charge in [-0.05, 0) is 32.7 Å². The number of hydrogen-bond donors (Lipinski definition) is 1. The van der Waals surface area contributed by atoms with Crippen molar-refractivity contribution in [1.29, 1.82) is 0 Å². The normalized spacial score (nSPS) is 48.0. The zero-order valence-corrected chi connectivity index (χ0v) is 6.51. The average Bonchev–Trinajstić information content (AvgIpc) is 2.20. The van der Waals surface area contributed by atoms with Crippen LogP contribution in [0.5, 0.6) is 0 Å². The average molecular weight is 141 g/mol. The molecule has 2 fully saturated rings. The van der Waals surface area contributed by atoms with Gasteiger partial charge in [0.2, 0.25) is 0 Å². The van der Waals surface area contributed by atoms with Gasteiger partial charge in [-0.25, -0.2) is 0 Å². The van der Waals surface area contributed by atoms with Crippen molar-refractivity contribution in [3.63, 3.8) is 0 Å². The predicted octanol–water partition coefficient (Wildman–Crippen LogP) is 0.605. The van der Waals surface area contributed by atoms with Crippen LogP contribution in [0, 0.1) is 0 Å². The van der Waals surface area contributed by atoms with Crippen molar-refractivity contribution in [3.05, 3.63) is 0 Å². The summed E-state index contributed by atoms with van der Waals surface area (Å²) in [5.74, 6) is 0. The molecule has 58 valence electrons. The first-order valence-electron chi connectivity index (χ1n) is 4.14. The summed E-state index contributed by atoms with van der Waals surface area (Å²) in [6.07, 6.45) is 3.55. The van der Waals surface area contributed by atoms with Crippen molar-refractivity contribution in [1.82, 2.24) is 4.90 Å². The van der Waals surface area contributed by atoms with Crippen molar-refractivity contribution in [2.75, 3.05) is 13.1 Å². The Bertz CT molecular complexity index is 148. The lowest BCUT2D eigenvalue weighted by molar-refractivity contribution is 0.177. The van der Waals surface area contributed by atoms with E-state index in [2.05, 4.69) is 11.8 Å². The number of aliphatic hydroxyl groups is 1. The predicted molar refractivity (Wildman–Crippen MR) is 39.8 cm³/mol. The van der Waals surface area contributed by atoms with Crippen LogP contribution < -0.4 is 0 Å². The minimum Gasteiger partial charge on any atom is -0.392 e. The molecule has 0 radical (unpaired) electrons. The van der Waals surface area contributed by atoms with Gasteiger partial charge in [-0.2, -0.15) is 0 Å². The van der Waals surface area contributed by atoms with Crippen molar-refractivity contribution in [2.24, 2.45) is 0 Å². The van der Waals surface area contributed by atoms with Gasteiger partial charge in [0, 0.05) is 12.1 Å². The highest BCUT2D eigenvalue weighted by Crippen LogP contribution is 2.37. The fourth-order valence-corrected chi connectivity index (χ4v) is 2.45. The summed E-state index contributed by atoms with van der Waals surface area (Å²) in [5.41, 5.74) is 0.361. The Balaban J connectivity index is 2.15. The minimum absolute atomic E-state index is 0.0506. The van der Waals surface area contributed by atoms with E-state index in [0.29, 0.717) is 5.54 Å². The molecule has 1 N–H and O–H groups in total. The summed E-state index contributed by atoms with van der Waals surface area (Å²) in [6.45, 7) is 4.39. The third kappa shape index (κ3) is 0.789. The number of hydrogen-bond acceptors (Lipinski definition) is 2. The lowest BCUT2D eigenvalue weighted by Crippen LogP contribution is -2.34. The Labute approximate surface area is 61.8 Å². The molecule has 2 aliphatic heterocycles. The van der Waals surface area contributed by atoms with Crippen LogP contribution in [-0.2, 0) is 0 Å². The van der Waals surface area contributed by atoms with Crippen molar-refractivity contribution < 1.29 is 5.11 Å². The molecule has 2 rings (SSSR count). The first-order valence-corrected chi connectivity index (χ1v) is 4.14. The van der Waals surface area contributed by atoms with Crippen molar-refractivity contribution in [2.45, 2.75) is 37.8 Å². The van der Waals surface area contributed by atoms with E-state index in [9.17, 15) is 5.11 Å². The molecule has 2 nitrogen and oxygen atoms in total. The van der Waals surface area contributed by atoms with Crippen LogP contribution in [0.4, 0.5) is 0 Å². The van der Waals surface area contributed by atoms with Gasteiger partial charge in [0.25, 0.3) is 0 Å². The lowest BCUT2D eigenvalue weighted by atomic mass is 9.96. The van der Waals surface area contributed by atoms with Crippen LogP contribution in [0.2, 0.25) is 0 Å². The van der Waals surface area contributed by atoms with Gasteiger partial charge in [-0.1, -0.05) is 0 Å². The molecule has 2 saturated heterocycles. The van der Waals surface area contributed by atoms with Gasteiger partial charge in [0.1, 0.15) is 0 Å². The Hall–Kier alpha value is -0.0800. The standard InChI is InChI=1S/C8H15NO/c1-8-3-2-4-9(8)6-7(10)5-8/h7,10H,2-6H2,1H3. The monoisotopic (exact) mass is 141 g/mol. The van der Waals surface area contributed by atoms with Crippen LogP contribution in [0.1, 0.15) is 26.2 Å². The second kappa shape index (κ2) is 1.95. The van der Waals surface area contributed by atoms with E-state index >= 15 is 0 Å². The molecule has 0 aromatic carbocycles. The summed E-state index contributed by atoms with van der Waals surface area (Å²) in [6, 6.07) is 0. The Morgan fingerprint density at radius 1 is 1.60 bits per heavy atom. The topological polar surface area (TPSA) is 23.5 Å². The first kappa shape index (κ1) is 6.62. The van der Waals surface area contributed by atoms with Crippen LogP contribution in [0.3, 0.4) is 0 Å². The number of rotatable bonds is 0. The van der Waals surface area contributed by atoms with E-state index in [1.165, 1.54) is 19.4 Å². The Kier molecular flexibility index (Phi) is 1.29. The van der Waals surface area contributed by atoms with E-state index in [1.54, 1.807) is 0 Å². The van der Waals surface area contributed by atoms with Gasteiger partial charge in [-0.15, -0.1) is 0 Å². The van der Waals surface area contributed by atoms with Crippen LogP contribution in [-0.4, -0.2) is 34.7 Å². The zero-order valence-electron chi connectivity index (χ0n) is 6.51. The fourth-order valence-electron chi connectivity index (χ4n) is 2.45. The molecule has 0 aromatic heterocycles. The molecular weight excluding hydrogens is 126 g/mol. The van der Waals surface area contributed by atoms with Crippen LogP contribution in [0.15, 0.2) is 0 Å². The molecule has 2 heteroatoms. The first-order chi connectivity index (χ1) is 4.71. The van der Waals surface area contributed by atoms with E-state index in [0.717, 1.165) is 13.0 Å². The van der Waals surface area contributed by atoms with Gasteiger partial charge in [-0.3, -0.25) is 4.90 Å². The highest BCUT2D eigenvalue weighted by molar-refractivity contribution is 4.99. The zero-order chi connectivity index (χ0) is 7.19. The van der Waals surface area contributed by atoms with E-state index in [-0.39, 0.29) is 6.10 Å². The van der Waals surface area contributed by atoms with E-state index in [1.807, 2.05) is 0 Å². The largest absolute Gasteiger partial charge is 0.392 e. The minimum atomic E-state index is -0.0506. The fraction of sp³-hybridized carbons (Fsp3) is 1.00. The maximum absolute atomic E-state index is 9.36. The molecule has 0 bridgehead atoms. The second-order valence-corrected chi connectivity index (χ2v) is 3.90. The van der Waals surface area contributed by atoms with Crippen LogP contribution >= 0.6 is 0 Å². The highest BCUT2D eigenvalue weighted by atomic mass is 16.3. The molecule has 2 heterocycles. The third-order valence-electron chi connectivity index (χ3n) is 3.01. The van der Waals surface area contributed by atoms with Crippen molar-refractivity contribution >= 4 is 0 Å². The molecule has 0 aromatic rings. The van der Waals surface area contributed by atoms with Gasteiger partial charge < -0.3 is 5.11 Å². The molecule has 2 unspecified atom stereocenters. The summed E-state index contributed by atoms with van der Waals surface area (Å²) in [5, 5.41) is 9.36. The molecule has 0 aliphatic carbocycles. The lowest BCUT2D eigenvalue weighted by Gasteiger charge is -2.26. The molecule has 2 aliphatic rings. The highest BCUT2D eigenvalue weighted by Gasteiger charge is 2.43. The smallest absolute Gasteiger partial charge is 0.0684 e. The van der Waals surface area contributed by atoms with E-state index < -0.39 is 0 Å². The molecule has 2 atom stereocenters. The molecule has 0 spiro atoms. The molecule has 0 amide bonds. The number of fused-ring (bicyclic) bond motifs is 1. The van der Waals surface area contributed by atoms with E-state index in [4.69, 9.17) is 0 Å². The molecule has 0 saturated carbocycles. The summed E-state index contributed by atoms with van der Waals surface area (Å²) in [7, 11) is 0. The van der Waals surface area contributed by atoms with Gasteiger partial charge in [0.05, 0.1) is 6.10 Å². The number of nitrogens with zero attached hydrogens (tertiary/aromatic N) is 1.